The zero-order valence-corrected chi connectivity index (χ0v) is 17.7. The normalized spacial score (nSPS) is 10.7. The second kappa shape index (κ2) is 9.89. The Hall–Kier alpha value is -4.29. The van der Waals surface area contributed by atoms with Gasteiger partial charge in [0.2, 0.25) is 5.43 Å². The van der Waals surface area contributed by atoms with E-state index < -0.39 is 5.82 Å². The topological polar surface area (TPSA) is 99.3 Å². The van der Waals surface area contributed by atoms with E-state index in [1.165, 1.54) is 29.1 Å². The number of ether oxygens (including phenoxy) is 3. The number of nitrogens with zero attached hydrogens (tertiary/aromatic N) is 4. The van der Waals surface area contributed by atoms with Crippen molar-refractivity contribution >= 4 is 10.9 Å². The van der Waals surface area contributed by atoms with Crippen LogP contribution >= 0.6 is 0 Å². The molecule has 4 rings (SSSR count). The molecule has 33 heavy (non-hydrogen) atoms. The third-order valence-electron chi connectivity index (χ3n) is 4.72. The highest BCUT2D eigenvalue weighted by molar-refractivity contribution is 5.81. The van der Waals surface area contributed by atoms with Crippen LogP contribution in [0.2, 0.25) is 0 Å². The third kappa shape index (κ3) is 5.31. The summed E-state index contributed by atoms with van der Waals surface area (Å²) < 4.78 is 31.5. The molecule has 0 aliphatic rings. The number of hydrogen-bond acceptors (Lipinski definition) is 7. The maximum Gasteiger partial charge on any atom is 0.206 e. The van der Waals surface area contributed by atoms with Gasteiger partial charge in [0, 0.05) is 24.8 Å². The number of methoxy groups -OCH3 is 1. The molecule has 166 valence electrons. The largest absolute Gasteiger partial charge is 0.490 e. The molecule has 9 heteroatoms. The third-order valence-corrected chi connectivity index (χ3v) is 4.72. The first-order valence-corrected chi connectivity index (χ1v) is 10.00. The van der Waals surface area contributed by atoms with Crippen LogP contribution in [0.3, 0.4) is 0 Å². The maximum absolute atomic E-state index is 13.8. The zero-order chi connectivity index (χ0) is 23.2. The average molecular weight is 446 g/mol. The minimum absolute atomic E-state index is 0.0942. The van der Waals surface area contributed by atoms with Crippen LogP contribution in [0.25, 0.3) is 16.6 Å². The van der Waals surface area contributed by atoms with Gasteiger partial charge in [-0.25, -0.2) is 9.07 Å². The van der Waals surface area contributed by atoms with Crippen LogP contribution in [0.5, 0.6) is 11.5 Å². The molecule has 0 bridgehead atoms. The van der Waals surface area contributed by atoms with Gasteiger partial charge in [-0.1, -0.05) is 0 Å². The Morgan fingerprint density at radius 2 is 1.91 bits per heavy atom. The van der Waals surface area contributed by atoms with E-state index in [2.05, 4.69) is 10.1 Å². The molecule has 2 aromatic heterocycles. The summed E-state index contributed by atoms with van der Waals surface area (Å²) in [6, 6.07) is 14.2. The number of benzene rings is 2. The zero-order valence-electron chi connectivity index (χ0n) is 17.7. The lowest BCUT2D eigenvalue weighted by Gasteiger charge is -2.10. The Kier molecular flexibility index (Phi) is 6.57. The molecule has 0 saturated heterocycles. The molecule has 0 saturated carbocycles. The van der Waals surface area contributed by atoms with E-state index in [0.717, 1.165) is 17.0 Å². The van der Waals surface area contributed by atoms with Crippen molar-refractivity contribution in [3.8, 4) is 23.3 Å². The van der Waals surface area contributed by atoms with Crippen molar-refractivity contribution in [1.82, 2.24) is 14.8 Å². The first kappa shape index (κ1) is 21.9. The summed E-state index contributed by atoms with van der Waals surface area (Å²) in [6.45, 7) is 0.784. The summed E-state index contributed by atoms with van der Waals surface area (Å²) in [5.74, 6) is 0.557. The molecule has 0 fully saturated rings. The van der Waals surface area contributed by atoms with Crippen LogP contribution in [-0.2, 0) is 11.3 Å². The van der Waals surface area contributed by atoms with Crippen molar-refractivity contribution in [2.75, 3.05) is 20.3 Å². The lowest BCUT2D eigenvalue weighted by molar-refractivity contribution is 0.146. The highest BCUT2D eigenvalue weighted by Crippen LogP contribution is 2.23. The lowest BCUT2D eigenvalue weighted by atomic mass is 10.2. The second-order valence-electron chi connectivity index (χ2n) is 7.04. The molecule has 8 nitrogen and oxygen atoms in total. The van der Waals surface area contributed by atoms with E-state index in [0.29, 0.717) is 30.4 Å². The summed E-state index contributed by atoms with van der Waals surface area (Å²) in [5, 5.41) is 14.1. The van der Waals surface area contributed by atoms with Gasteiger partial charge >= 0.3 is 0 Å². The molecule has 0 amide bonds. The summed E-state index contributed by atoms with van der Waals surface area (Å²) in [6.07, 6.45) is 3.05. The number of aromatic nitrogens is 3. The molecule has 4 aromatic rings. The highest BCUT2D eigenvalue weighted by Gasteiger charge is 2.09. The minimum atomic E-state index is -0.572. The lowest BCUT2D eigenvalue weighted by Crippen LogP contribution is -2.18. The van der Waals surface area contributed by atoms with Crippen molar-refractivity contribution in [3.05, 3.63) is 88.2 Å². The van der Waals surface area contributed by atoms with Crippen LogP contribution in [0.4, 0.5) is 4.39 Å². The van der Waals surface area contributed by atoms with Gasteiger partial charge < -0.3 is 14.2 Å². The predicted molar refractivity (Wildman–Crippen MR) is 118 cm³/mol. The van der Waals surface area contributed by atoms with Crippen LogP contribution < -0.4 is 14.9 Å². The number of hydrogen-bond donors (Lipinski definition) is 0. The van der Waals surface area contributed by atoms with E-state index in [4.69, 9.17) is 19.5 Å². The van der Waals surface area contributed by atoms with Crippen molar-refractivity contribution in [1.29, 1.82) is 5.26 Å². The monoisotopic (exact) mass is 446 g/mol. The number of halogens is 1. The van der Waals surface area contributed by atoms with Crippen molar-refractivity contribution in [3.63, 3.8) is 0 Å². The Labute approximate surface area is 188 Å². The summed E-state index contributed by atoms with van der Waals surface area (Å²) >= 11 is 0. The quantitative estimate of drug-likeness (QED) is 0.383. The van der Waals surface area contributed by atoms with Gasteiger partial charge in [-0.2, -0.15) is 10.4 Å². The van der Waals surface area contributed by atoms with E-state index in [1.807, 2.05) is 12.1 Å². The molecule has 0 aliphatic heterocycles. The van der Waals surface area contributed by atoms with Crippen molar-refractivity contribution in [2.24, 2.45) is 0 Å². The summed E-state index contributed by atoms with van der Waals surface area (Å²) in [5.41, 5.74) is 1.06. The molecule has 0 aliphatic carbocycles. The predicted octanol–water partition coefficient (Wildman–Crippen LogP) is 3.40. The smallest absolute Gasteiger partial charge is 0.206 e. The fourth-order valence-corrected chi connectivity index (χ4v) is 3.11. The van der Waals surface area contributed by atoms with E-state index in [9.17, 15) is 9.18 Å². The minimum Gasteiger partial charge on any atom is -0.490 e. The van der Waals surface area contributed by atoms with Crippen LogP contribution in [-0.4, -0.2) is 35.1 Å². The van der Waals surface area contributed by atoms with Gasteiger partial charge in [0.05, 0.1) is 35.6 Å². The van der Waals surface area contributed by atoms with Gasteiger partial charge in [0.1, 0.15) is 36.2 Å². The van der Waals surface area contributed by atoms with Gasteiger partial charge in [-0.15, -0.1) is 0 Å². The first-order valence-electron chi connectivity index (χ1n) is 10.00. The number of rotatable bonds is 8. The van der Waals surface area contributed by atoms with Gasteiger partial charge in [0.25, 0.3) is 0 Å². The molecule has 0 N–H and O–H groups in total. The molecule has 0 atom stereocenters. The number of nitriles is 1. The summed E-state index contributed by atoms with van der Waals surface area (Å²) in [7, 11) is 1.60. The fraction of sp³-hybridized carbons (Fsp3) is 0.167. The molecule has 0 radical (unpaired) electrons. The van der Waals surface area contributed by atoms with Gasteiger partial charge in [-0.05, 0) is 42.5 Å². The molecule has 2 aromatic carbocycles. The first-order chi connectivity index (χ1) is 16.1. The Morgan fingerprint density at radius 3 is 2.73 bits per heavy atom. The Morgan fingerprint density at radius 1 is 1.06 bits per heavy atom. The number of pyridine rings is 1. The molecule has 0 spiro atoms. The van der Waals surface area contributed by atoms with Crippen LogP contribution in [0.15, 0.2) is 65.7 Å². The average Bonchev–Trinajstić information content (AvgIpc) is 2.83. The SMILES string of the molecule is COCCOc1cnc2ccc(OCc3nn(-c4cc(F)cc(C#N)c4)ccc3=O)cc2c1. The van der Waals surface area contributed by atoms with Crippen LogP contribution in [0.1, 0.15) is 11.3 Å². The van der Waals surface area contributed by atoms with E-state index in [1.54, 1.807) is 31.5 Å². The highest BCUT2D eigenvalue weighted by atomic mass is 19.1. The maximum atomic E-state index is 13.8. The molecular weight excluding hydrogens is 427 g/mol. The Balaban J connectivity index is 1.54. The summed E-state index contributed by atoms with van der Waals surface area (Å²) in [4.78, 5) is 16.6. The van der Waals surface area contributed by atoms with Gasteiger partial charge in [-0.3, -0.25) is 9.78 Å². The van der Waals surface area contributed by atoms with E-state index in [-0.39, 0.29) is 23.3 Å². The van der Waals surface area contributed by atoms with Gasteiger partial charge in [0.15, 0.2) is 0 Å². The molecular formula is C24H19FN4O4. The standard InChI is InChI=1S/C24H19FN4O4/c1-31-6-7-32-21-11-17-10-20(2-3-22(17)27-14-21)33-15-23-24(30)4-5-29(28-23)19-9-16(13-26)8-18(25)12-19/h2-5,8-12,14H,6-7,15H2,1H3. The fourth-order valence-electron chi connectivity index (χ4n) is 3.11. The van der Waals surface area contributed by atoms with Crippen molar-refractivity contribution < 1.29 is 18.6 Å². The van der Waals surface area contributed by atoms with E-state index >= 15 is 0 Å². The molecule has 2 heterocycles. The Bertz CT molecular complexity index is 1400. The van der Waals surface area contributed by atoms with Crippen molar-refractivity contribution in [2.45, 2.75) is 6.61 Å². The molecule has 0 unspecified atom stereocenters. The number of fused-ring (bicyclic) bond motifs is 1. The van der Waals surface area contributed by atoms with Crippen LogP contribution in [0, 0.1) is 17.1 Å². The second-order valence-corrected chi connectivity index (χ2v) is 7.04.